The molecular formula is C11H16N4OS. The Kier molecular flexibility index (Phi) is 3.86. The molecule has 1 atom stereocenters. The van der Waals surface area contributed by atoms with Crippen molar-refractivity contribution in [1.82, 2.24) is 9.88 Å². The number of thioether (sulfide) groups is 1. The number of carbonyl (C=O) groups is 1. The van der Waals surface area contributed by atoms with E-state index in [0.717, 1.165) is 17.9 Å². The van der Waals surface area contributed by atoms with Crippen LogP contribution in [0, 0.1) is 0 Å². The molecule has 0 aromatic carbocycles. The molecule has 0 saturated carbocycles. The monoisotopic (exact) mass is 252 g/mol. The predicted molar refractivity (Wildman–Crippen MR) is 69.9 cm³/mol. The molecule has 1 saturated heterocycles. The van der Waals surface area contributed by atoms with Crippen molar-refractivity contribution >= 4 is 23.4 Å². The minimum Gasteiger partial charge on any atom is -0.338 e. The third-order valence-electron chi connectivity index (χ3n) is 2.98. The van der Waals surface area contributed by atoms with Crippen LogP contribution in [0.25, 0.3) is 0 Å². The lowest BCUT2D eigenvalue weighted by atomic mass is 10.1. The number of anilines is 1. The smallest absolute Gasteiger partial charge is 0.256 e. The van der Waals surface area contributed by atoms with E-state index in [4.69, 9.17) is 5.84 Å². The summed E-state index contributed by atoms with van der Waals surface area (Å²) in [6.07, 6.45) is 4.22. The van der Waals surface area contributed by atoms with Crippen LogP contribution in [-0.2, 0) is 0 Å². The molecule has 2 rings (SSSR count). The highest BCUT2D eigenvalue weighted by molar-refractivity contribution is 7.99. The second-order valence-corrected chi connectivity index (χ2v) is 5.15. The van der Waals surface area contributed by atoms with Gasteiger partial charge in [0, 0.05) is 25.0 Å². The van der Waals surface area contributed by atoms with Crippen LogP contribution < -0.4 is 11.3 Å². The third-order valence-corrected chi connectivity index (χ3v) is 4.13. The van der Waals surface area contributed by atoms with Gasteiger partial charge in [-0.2, -0.15) is 11.8 Å². The van der Waals surface area contributed by atoms with E-state index in [1.165, 1.54) is 0 Å². The van der Waals surface area contributed by atoms with Crippen molar-refractivity contribution < 1.29 is 4.79 Å². The summed E-state index contributed by atoms with van der Waals surface area (Å²) in [5.41, 5.74) is 3.64. The number of carbonyl (C=O) groups excluding carboxylic acids is 1. The molecule has 1 unspecified atom stereocenters. The molecule has 1 aromatic rings. The zero-order valence-corrected chi connectivity index (χ0v) is 10.5. The number of rotatable bonds is 3. The average molecular weight is 252 g/mol. The lowest BCUT2D eigenvalue weighted by Crippen LogP contribution is -2.37. The van der Waals surface area contributed by atoms with Crippen LogP contribution in [0.4, 0.5) is 5.69 Å². The summed E-state index contributed by atoms with van der Waals surface area (Å²) in [6, 6.07) is 2.02. The summed E-state index contributed by atoms with van der Waals surface area (Å²) in [6.45, 7) is 0. The van der Waals surface area contributed by atoms with Gasteiger partial charge in [0.25, 0.3) is 5.91 Å². The molecule has 17 heavy (non-hydrogen) atoms. The molecule has 1 aliphatic rings. The summed E-state index contributed by atoms with van der Waals surface area (Å²) in [4.78, 5) is 18.0. The first-order valence-electron chi connectivity index (χ1n) is 5.49. The van der Waals surface area contributed by atoms with Crippen LogP contribution in [0.15, 0.2) is 18.5 Å². The largest absolute Gasteiger partial charge is 0.338 e. The molecule has 0 aliphatic carbocycles. The first-order valence-corrected chi connectivity index (χ1v) is 6.65. The van der Waals surface area contributed by atoms with Crippen molar-refractivity contribution in [3.8, 4) is 0 Å². The molecule has 1 aliphatic heterocycles. The molecule has 1 aromatic heterocycles. The van der Waals surface area contributed by atoms with E-state index in [9.17, 15) is 4.79 Å². The van der Waals surface area contributed by atoms with E-state index in [1.807, 2.05) is 18.8 Å². The first kappa shape index (κ1) is 12.2. The lowest BCUT2D eigenvalue weighted by Gasteiger charge is -2.24. The summed E-state index contributed by atoms with van der Waals surface area (Å²) >= 11 is 1.89. The number of pyridine rings is 1. The van der Waals surface area contributed by atoms with Crippen molar-refractivity contribution in [1.29, 1.82) is 0 Å². The highest BCUT2D eigenvalue weighted by atomic mass is 32.2. The van der Waals surface area contributed by atoms with Crippen molar-refractivity contribution in [3.63, 3.8) is 0 Å². The van der Waals surface area contributed by atoms with Crippen LogP contribution >= 0.6 is 11.8 Å². The van der Waals surface area contributed by atoms with E-state index in [1.54, 1.807) is 23.4 Å². The topological polar surface area (TPSA) is 71.2 Å². The molecule has 0 spiro atoms. The molecule has 5 nitrogen and oxygen atoms in total. The Bertz CT molecular complexity index is 406. The summed E-state index contributed by atoms with van der Waals surface area (Å²) in [7, 11) is 1.85. The first-order chi connectivity index (χ1) is 8.24. The lowest BCUT2D eigenvalue weighted by molar-refractivity contribution is 0.0748. The Morgan fingerprint density at radius 2 is 2.53 bits per heavy atom. The number of amides is 1. The van der Waals surface area contributed by atoms with Gasteiger partial charge in [0.15, 0.2) is 0 Å². The maximum atomic E-state index is 12.3. The normalized spacial score (nSPS) is 19.1. The number of aromatic nitrogens is 1. The van der Waals surface area contributed by atoms with Gasteiger partial charge in [-0.1, -0.05) is 0 Å². The van der Waals surface area contributed by atoms with E-state index >= 15 is 0 Å². The van der Waals surface area contributed by atoms with Gasteiger partial charge in [0.2, 0.25) is 0 Å². The van der Waals surface area contributed by atoms with Gasteiger partial charge >= 0.3 is 0 Å². The Hall–Kier alpha value is -1.27. The zero-order chi connectivity index (χ0) is 12.3. The number of hydrogen-bond acceptors (Lipinski definition) is 5. The average Bonchev–Trinajstić information content (AvgIpc) is 2.90. The molecule has 2 heterocycles. The van der Waals surface area contributed by atoms with Crippen LogP contribution in [0.2, 0.25) is 0 Å². The van der Waals surface area contributed by atoms with Gasteiger partial charge in [0.1, 0.15) is 0 Å². The molecule has 6 heteroatoms. The number of hydrogen-bond donors (Lipinski definition) is 2. The standard InChI is InChI=1S/C11H16N4OS/c1-15(8-3-5-17-7-8)11(16)9-2-4-13-6-10(9)14-12/h2,4,6,8,14H,3,5,7,12H2,1H3. The molecule has 0 bridgehead atoms. The van der Waals surface area contributed by atoms with E-state index < -0.39 is 0 Å². The summed E-state index contributed by atoms with van der Waals surface area (Å²) < 4.78 is 0. The van der Waals surface area contributed by atoms with Gasteiger partial charge in [-0.3, -0.25) is 15.6 Å². The fourth-order valence-corrected chi connectivity index (χ4v) is 3.15. The number of nitrogens with two attached hydrogens (primary N) is 1. The van der Waals surface area contributed by atoms with Crippen molar-refractivity contribution in [2.24, 2.45) is 5.84 Å². The van der Waals surface area contributed by atoms with Crippen LogP contribution in [-0.4, -0.2) is 40.4 Å². The zero-order valence-electron chi connectivity index (χ0n) is 9.72. The number of nitrogen functional groups attached to an aromatic ring is 1. The highest BCUT2D eigenvalue weighted by Gasteiger charge is 2.25. The fourth-order valence-electron chi connectivity index (χ4n) is 1.88. The van der Waals surface area contributed by atoms with Gasteiger partial charge in [-0.15, -0.1) is 0 Å². The quantitative estimate of drug-likeness (QED) is 0.619. The number of nitrogens with one attached hydrogen (secondary N) is 1. The second kappa shape index (κ2) is 5.37. The number of nitrogens with zero attached hydrogens (tertiary/aromatic N) is 2. The SMILES string of the molecule is CN(C(=O)c1ccncc1NN)C1CCSC1. The Balaban J connectivity index is 2.18. The molecule has 1 fully saturated rings. The molecular weight excluding hydrogens is 236 g/mol. The van der Waals surface area contributed by atoms with Crippen LogP contribution in [0.1, 0.15) is 16.8 Å². The van der Waals surface area contributed by atoms with Crippen molar-refractivity contribution in [2.45, 2.75) is 12.5 Å². The molecule has 3 N–H and O–H groups in total. The fraction of sp³-hybridized carbons (Fsp3) is 0.455. The Labute approximate surface area is 105 Å². The van der Waals surface area contributed by atoms with Gasteiger partial charge in [-0.05, 0) is 18.2 Å². The van der Waals surface area contributed by atoms with Crippen molar-refractivity contribution in [3.05, 3.63) is 24.0 Å². The maximum absolute atomic E-state index is 12.3. The van der Waals surface area contributed by atoms with E-state index in [-0.39, 0.29) is 5.91 Å². The van der Waals surface area contributed by atoms with Gasteiger partial charge < -0.3 is 10.3 Å². The van der Waals surface area contributed by atoms with E-state index in [2.05, 4.69) is 10.4 Å². The second-order valence-electron chi connectivity index (χ2n) is 4.00. The molecule has 1 amide bonds. The minimum absolute atomic E-state index is 0.00662. The highest BCUT2D eigenvalue weighted by Crippen LogP contribution is 2.24. The van der Waals surface area contributed by atoms with Crippen molar-refractivity contribution in [2.75, 3.05) is 24.0 Å². The summed E-state index contributed by atoms with van der Waals surface area (Å²) in [5.74, 6) is 7.51. The molecule has 92 valence electrons. The summed E-state index contributed by atoms with van der Waals surface area (Å²) in [5, 5.41) is 0. The van der Waals surface area contributed by atoms with E-state index in [0.29, 0.717) is 17.3 Å². The molecule has 0 radical (unpaired) electrons. The minimum atomic E-state index is -0.00662. The van der Waals surface area contributed by atoms with Crippen LogP contribution in [0.5, 0.6) is 0 Å². The van der Waals surface area contributed by atoms with Gasteiger partial charge in [0.05, 0.1) is 17.4 Å². The predicted octanol–water partition coefficient (Wildman–Crippen LogP) is 0.945. The van der Waals surface area contributed by atoms with Crippen LogP contribution in [0.3, 0.4) is 0 Å². The Morgan fingerprint density at radius 3 is 3.18 bits per heavy atom. The number of hydrazine groups is 1. The Morgan fingerprint density at radius 1 is 1.71 bits per heavy atom. The third kappa shape index (κ3) is 2.53. The maximum Gasteiger partial charge on any atom is 0.256 e. The van der Waals surface area contributed by atoms with Gasteiger partial charge in [-0.25, -0.2) is 0 Å².